The van der Waals surface area contributed by atoms with Crippen LogP contribution in [0.1, 0.15) is 39.2 Å². The van der Waals surface area contributed by atoms with Crippen molar-refractivity contribution in [3.8, 4) is 11.1 Å². The Kier molecular flexibility index (Phi) is 5.26. The predicted octanol–water partition coefficient (Wildman–Crippen LogP) is 3.73. The van der Waals surface area contributed by atoms with Gasteiger partial charge in [-0.2, -0.15) is 0 Å². The van der Waals surface area contributed by atoms with E-state index in [1.807, 2.05) is 50.4 Å². The molecule has 2 heterocycles. The van der Waals surface area contributed by atoms with Gasteiger partial charge in [0.15, 0.2) is 5.16 Å². The molecule has 2 aromatic heterocycles. The van der Waals surface area contributed by atoms with Crippen molar-refractivity contribution in [3.63, 3.8) is 0 Å². The van der Waals surface area contributed by atoms with Crippen LogP contribution in [0.2, 0.25) is 0 Å². The van der Waals surface area contributed by atoms with Gasteiger partial charge in [0.25, 0.3) is 5.56 Å². The summed E-state index contributed by atoms with van der Waals surface area (Å²) in [5.74, 6) is 0.216. The van der Waals surface area contributed by atoms with Gasteiger partial charge < -0.3 is 10.3 Å². The molecule has 1 fully saturated rings. The highest BCUT2D eigenvalue weighted by atomic mass is 32.2. The third-order valence-electron chi connectivity index (χ3n) is 5.05. The molecule has 1 aliphatic carbocycles. The number of nitrogens with one attached hydrogen (secondary N) is 2. The summed E-state index contributed by atoms with van der Waals surface area (Å²) in [6, 6.07) is 10.2. The second kappa shape index (κ2) is 7.83. The van der Waals surface area contributed by atoms with E-state index >= 15 is 0 Å². The van der Waals surface area contributed by atoms with E-state index in [0.29, 0.717) is 16.2 Å². The molecule has 0 unspecified atom stereocenters. The van der Waals surface area contributed by atoms with Gasteiger partial charge in [0.05, 0.1) is 5.75 Å². The van der Waals surface area contributed by atoms with Crippen molar-refractivity contribution in [3.05, 3.63) is 46.9 Å². The van der Waals surface area contributed by atoms with Crippen LogP contribution in [-0.2, 0) is 4.79 Å². The zero-order valence-electron chi connectivity index (χ0n) is 16.1. The minimum absolute atomic E-state index is 0.0339. The fraction of sp³-hybridized carbons (Fsp3) is 0.381. The molecule has 0 spiro atoms. The summed E-state index contributed by atoms with van der Waals surface area (Å²) in [5, 5.41) is 3.59. The van der Waals surface area contributed by atoms with Gasteiger partial charge in [0.1, 0.15) is 11.0 Å². The molecule has 146 valence electrons. The number of carbonyl (C=O) groups excluding carboxylic acids is 1. The number of aromatic nitrogens is 3. The third-order valence-corrected chi connectivity index (χ3v) is 6.00. The molecule has 28 heavy (non-hydrogen) atoms. The molecule has 1 saturated carbocycles. The molecule has 1 aromatic carbocycles. The average Bonchev–Trinajstić information content (AvgIpc) is 3.45. The highest BCUT2D eigenvalue weighted by Crippen LogP contribution is 2.37. The maximum absolute atomic E-state index is 13.1. The van der Waals surface area contributed by atoms with Crippen LogP contribution in [0, 0.1) is 0 Å². The van der Waals surface area contributed by atoms with Crippen LogP contribution in [0.15, 0.2) is 46.5 Å². The Morgan fingerprint density at radius 1 is 1.36 bits per heavy atom. The molecule has 1 amide bonds. The highest BCUT2D eigenvalue weighted by molar-refractivity contribution is 7.99. The largest absolute Gasteiger partial charge is 0.355 e. The van der Waals surface area contributed by atoms with Gasteiger partial charge in [-0.1, -0.05) is 49.0 Å². The van der Waals surface area contributed by atoms with Crippen LogP contribution in [-0.4, -0.2) is 32.2 Å². The second-order valence-electron chi connectivity index (χ2n) is 7.26. The van der Waals surface area contributed by atoms with Crippen molar-refractivity contribution in [2.45, 2.75) is 50.4 Å². The third kappa shape index (κ3) is 3.71. The first-order valence-corrected chi connectivity index (χ1v) is 10.7. The number of hydrogen-bond acceptors (Lipinski definition) is 4. The molecule has 7 heteroatoms. The molecule has 3 aromatic rings. The number of fused-ring (bicyclic) bond motifs is 1. The first kappa shape index (κ1) is 18.8. The Balaban J connectivity index is 1.71. The molecule has 4 rings (SSSR count). The minimum Gasteiger partial charge on any atom is -0.355 e. The number of aromatic amines is 1. The Morgan fingerprint density at radius 3 is 2.79 bits per heavy atom. The highest BCUT2D eigenvalue weighted by Gasteiger charge is 2.29. The van der Waals surface area contributed by atoms with Gasteiger partial charge in [-0.25, -0.2) is 4.98 Å². The van der Waals surface area contributed by atoms with Crippen molar-refractivity contribution < 1.29 is 4.79 Å². The SMILES string of the molecule is CC[C@H](C)NC(=O)CSc1nc2c(-c3ccccc3)c[nH]c2c(=O)n1C1CC1. The van der Waals surface area contributed by atoms with Crippen LogP contribution < -0.4 is 10.9 Å². The maximum Gasteiger partial charge on any atom is 0.278 e. The summed E-state index contributed by atoms with van der Waals surface area (Å²) in [5.41, 5.74) is 3.05. The van der Waals surface area contributed by atoms with E-state index in [-0.39, 0.29) is 29.3 Å². The number of amides is 1. The van der Waals surface area contributed by atoms with E-state index in [0.717, 1.165) is 30.4 Å². The number of carbonyl (C=O) groups is 1. The number of thioether (sulfide) groups is 1. The van der Waals surface area contributed by atoms with E-state index in [4.69, 9.17) is 4.98 Å². The second-order valence-corrected chi connectivity index (χ2v) is 8.20. The average molecular weight is 397 g/mol. The van der Waals surface area contributed by atoms with E-state index in [9.17, 15) is 9.59 Å². The Morgan fingerprint density at radius 2 is 2.11 bits per heavy atom. The maximum atomic E-state index is 13.1. The number of benzene rings is 1. The molecule has 0 radical (unpaired) electrons. The quantitative estimate of drug-likeness (QED) is 0.471. The fourth-order valence-corrected chi connectivity index (χ4v) is 4.07. The summed E-state index contributed by atoms with van der Waals surface area (Å²) >= 11 is 1.34. The molecule has 1 aliphatic rings. The van der Waals surface area contributed by atoms with Gasteiger partial charge in [-0.3, -0.25) is 14.2 Å². The van der Waals surface area contributed by atoms with Crippen LogP contribution in [0.25, 0.3) is 22.2 Å². The topological polar surface area (TPSA) is 79.8 Å². The van der Waals surface area contributed by atoms with Gasteiger partial charge in [-0.15, -0.1) is 0 Å². The number of nitrogens with zero attached hydrogens (tertiary/aromatic N) is 2. The standard InChI is InChI=1S/C21H24N4O2S/c1-3-13(2)23-17(26)12-28-21-24-18-16(14-7-5-4-6-8-14)11-22-19(18)20(27)25(21)15-9-10-15/h4-8,11,13,15,22H,3,9-10,12H2,1-2H3,(H,23,26)/t13-/m0/s1. The predicted molar refractivity (Wildman–Crippen MR) is 113 cm³/mol. The Labute approximate surface area is 167 Å². The lowest BCUT2D eigenvalue weighted by atomic mass is 10.1. The molecule has 0 aliphatic heterocycles. The lowest BCUT2D eigenvalue weighted by molar-refractivity contribution is -0.119. The minimum atomic E-state index is -0.0560. The number of rotatable bonds is 7. The molecule has 6 nitrogen and oxygen atoms in total. The van der Waals surface area contributed by atoms with Crippen LogP contribution in [0.4, 0.5) is 0 Å². The van der Waals surface area contributed by atoms with Crippen LogP contribution in [0.3, 0.4) is 0 Å². The zero-order chi connectivity index (χ0) is 19.7. The molecule has 0 saturated heterocycles. The Bertz CT molecular complexity index is 1050. The van der Waals surface area contributed by atoms with Crippen molar-refractivity contribution in [1.82, 2.24) is 19.9 Å². The van der Waals surface area contributed by atoms with Crippen LogP contribution in [0.5, 0.6) is 0 Å². The van der Waals surface area contributed by atoms with E-state index < -0.39 is 0 Å². The first-order chi connectivity index (χ1) is 13.6. The van der Waals surface area contributed by atoms with E-state index in [1.165, 1.54) is 11.8 Å². The Hall–Kier alpha value is -2.54. The van der Waals surface area contributed by atoms with Gasteiger partial charge >= 0.3 is 0 Å². The van der Waals surface area contributed by atoms with Crippen molar-refractivity contribution >= 4 is 28.7 Å². The van der Waals surface area contributed by atoms with Crippen molar-refractivity contribution in [2.24, 2.45) is 0 Å². The lowest BCUT2D eigenvalue weighted by Gasteiger charge is -2.13. The number of H-pyrrole nitrogens is 1. The summed E-state index contributed by atoms with van der Waals surface area (Å²) in [6.07, 6.45) is 4.69. The van der Waals surface area contributed by atoms with Crippen molar-refractivity contribution in [2.75, 3.05) is 5.75 Å². The summed E-state index contributed by atoms with van der Waals surface area (Å²) in [6.45, 7) is 4.02. The van der Waals surface area contributed by atoms with Crippen LogP contribution >= 0.6 is 11.8 Å². The fourth-order valence-electron chi connectivity index (χ4n) is 3.19. The first-order valence-electron chi connectivity index (χ1n) is 9.69. The lowest BCUT2D eigenvalue weighted by Crippen LogP contribution is -2.33. The molecular formula is C21H24N4O2S. The summed E-state index contributed by atoms with van der Waals surface area (Å²) in [4.78, 5) is 33.3. The summed E-state index contributed by atoms with van der Waals surface area (Å²) in [7, 11) is 0. The molecule has 1 atom stereocenters. The van der Waals surface area contributed by atoms with Crippen molar-refractivity contribution in [1.29, 1.82) is 0 Å². The smallest absolute Gasteiger partial charge is 0.278 e. The van der Waals surface area contributed by atoms with E-state index in [2.05, 4.69) is 10.3 Å². The zero-order valence-corrected chi connectivity index (χ0v) is 16.9. The molecule has 2 N–H and O–H groups in total. The molecule has 0 bridgehead atoms. The number of hydrogen-bond donors (Lipinski definition) is 2. The molecular weight excluding hydrogens is 372 g/mol. The van der Waals surface area contributed by atoms with E-state index in [1.54, 1.807) is 4.57 Å². The van der Waals surface area contributed by atoms with Gasteiger partial charge in [0.2, 0.25) is 5.91 Å². The van der Waals surface area contributed by atoms with Gasteiger partial charge in [0, 0.05) is 23.8 Å². The monoisotopic (exact) mass is 396 g/mol. The summed E-state index contributed by atoms with van der Waals surface area (Å²) < 4.78 is 1.76. The normalized spacial score (nSPS) is 14.9. The van der Waals surface area contributed by atoms with Gasteiger partial charge in [-0.05, 0) is 31.7 Å².